The van der Waals surface area contributed by atoms with E-state index in [-0.39, 0.29) is 18.1 Å². The van der Waals surface area contributed by atoms with Crippen molar-refractivity contribution in [2.24, 2.45) is 0 Å². The summed E-state index contributed by atoms with van der Waals surface area (Å²) in [6, 6.07) is 12.5. The highest BCUT2D eigenvalue weighted by Crippen LogP contribution is 2.24. The Morgan fingerprint density at radius 2 is 1.92 bits per heavy atom. The summed E-state index contributed by atoms with van der Waals surface area (Å²) in [6.07, 6.45) is 1.65. The summed E-state index contributed by atoms with van der Waals surface area (Å²) < 4.78 is 36.8. The summed E-state index contributed by atoms with van der Waals surface area (Å²) in [5.74, 6) is -0.808. The zero-order valence-corrected chi connectivity index (χ0v) is 14.5. The number of aryl methyl sites for hydroxylation is 1. The topological polar surface area (TPSA) is 54.5 Å². The average Bonchev–Trinajstić information content (AvgIpc) is 2.89. The van der Waals surface area contributed by atoms with Crippen LogP contribution in [-0.4, -0.2) is 26.1 Å². The van der Waals surface area contributed by atoms with Crippen molar-refractivity contribution in [2.45, 2.75) is 19.4 Å². The van der Waals surface area contributed by atoms with Gasteiger partial charge >= 0.3 is 0 Å². The molecule has 2 aromatic carbocycles. The molecule has 3 rings (SSSR count). The van der Waals surface area contributed by atoms with Gasteiger partial charge in [-0.15, -0.1) is 0 Å². The van der Waals surface area contributed by atoms with Crippen molar-refractivity contribution < 1.29 is 17.6 Å². The smallest absolute Gasteiger partial charge is 0.231 e. The molecule has 1 aliphatic rings. The highest BCUT2D eigenvalue weighted by molar-refractivity contribution is 7.94. The van der Waals surface area contributed by atoms with Gasteiger partial charge in [0.25, 0.3) is 0 Å². The fourth-order valence-electron chi connectivity index (χ4n) is 2.92. The third kappa shape index (κ3) is 4.14. The minimum absolute atomic E-state index is 0.142. The molecule has 0 saturated heterocycles. The molecule has 6 heteroatoms. The van der Waals surface area contributed by atoms with Gasteiger partial charge in [-0.2, -0.15) is 0 Å². The molecule has 4 nitrogen and oxygen atoms in total. The predicted molar refractivity (Wildman–Crippen MR) is 95.5 cm³/mol. The molecular formula is C19H18FNO3S. The van der Waals surface area contributed by atoms with E-state index in [0.29, 0.717) is 5.69 Å². The quantitative estimate of drug-likeness (QED) is 0.843. The Kier molecular flexibility index (Phi) is 4.72. The van der Waals surface area contributed by atoms with Crippen LogP contribution < -0.4 is 4.90 Å². The molecule has 0 aliphatic carbocycles. The van der Waals surface area contributed by atoms with Gasteiger partial charge < -0.3 is 4.90 Å². The summed E-state index contributed by atoms with van der Waals surface area (Å²) >= 11 is 0. The van der Waals surface area contributed by atoms with Gasteiger partial charge in [-0.1, -0.05) is 29.8 Å². The number of hydrogen-bond donors (Lipinski definition) is 0. The van der Waals surface area contributed by atoms with Gasteiger partial charge in [0.1, 0.15) is 5.82 Å². The molecule has 0 spiro atoms. The van der Waals surface area contributed by atoms with Crippen molar-refractivity contribution in [2.75, 3.05) is 10.7 Å². The zero-order valence-electron chi connectivity index (χ0n) is 13.7. The van der Waals surface area contributed by atoms with Crippen LogP contribution in [0.25, 0.3) is 0 Å². The maximum Gasteiger partial charge on any atom is 0.231 e. The Bertz CT molecular complexity index is 920. The molecule has 1 aliphatic heterocycles. The van der Waals surface area contributed by atoms with Gasteiger partial charge in [-0.05, 0) is 42.8 Å². The van der Waals surface area contributed by atoms with E-state index in [1.165, 1.54) is 35.2 Å². The standard InChI is InChI=1S/C19H18FNO3S/c1-14-3-2-4-15(11-14)12-19(22)21(17-7-5-16(20)6-8-17)18-9-10-25(23,24)13-18/h2-11,18H,12-13H2,1H3. The first-order valence-corrected chi connectivity index (χ1v) is 9.60. The second kappa shape index (κ2) is 6.80. The number of benzene rings is 2. The summed E-state index contributed by atoms with van der Waals surface area (Å²) in [7, 11) is -3.32. The van der Waals surface area contributed by atoms with Crippen molar-refractivity contribution >= 4 is 21.4 Å². The van der Waals surface area contributed by atoms with Crippen LogP contribution in [0.1, 0.15) is 11.1 Å². The predicted octanol–water partition coefficient (Wildman–Crippen LogP) is 3.02. The number of sulfone groups is 1. The zero-order chi connectivity index (χ0) is 18.0. The largest absolute Gasteiger partial charge is 0.304 e. The number of amides is 1. The first kappa shape index (κ1) is 17.4. The van der Waals surface area contributed by atoms with E-state index >= 15 is 0 Å². The second-order valence-corrected chi connectivity index (χ2v) is 8.06. The van der Waals surface area contributed by atoms with E-state index in [1.807, 2.05) is 31.2 Å². The molecule has 0 N–H and O–H groups in total. The number of carbonyl (C=O) groups is 1. The fourth-order valence-corrected chi connectivity index (χ4v) is 4.19. The number of rotatable bonds is 4. The van der Waals surface area contributed by atoms with Crippen molar-refractivity contribution in [3.63, 3.8) is 0 Å². The molecule has 130 valence electrons. The summed E-state index contributed by atoms with van der Waals surface area (Å²) in [4.78, 5) is 14.3. The molecule has 0 saturated carbocycles. The first-order chi connectivity index (χ1) is 11.8. The number of hydrogen-bond acceptors (Lipinski definition) is 3. The number of carbonyl (C=O) groups excluding carboxylic acids is 1. The molecule has 0 bridgehead atoms. The highest BCUT2D eigenvalue weighted by Gasteiger charge is 2.31. The minimum Gasteiger partial charge on any atom is -0.304 e. The van der Waals surface area contributed by atoms with Gasteiger partial charge in [0.15, 0.2) is 9.84 Å². The van der Waals surface area contributed by atoms with Crippen molar-refractivity contribution in [1.29, 1.82) is 0 Å². The van der Waals surface area contributed by atoms with Gasteiger partial charge in [0.05, 0.1) is 18.2 Å². The Balaban J connectivity index is 1.92. The Hall–Kier alpha value is -2.47. The lowest BCUT2D eigenvalue weighted by Crippen LogP contribution is -2.42. The third-order valence-electron chi connectivity index (χ3n) is 4.05. The Morgan fingerprint density at radius 3 is 2.52 bits per heavy atom. The number of nitrogens with zero attached hydrogens (tertiary/aromatic N) is 1. The van der Waals surface area contributed by atoms with Crippen LogP contribution in [0.2, 0.25) is 0 Å². The summed E-state index contributed by atoms with van der Waals surface area (Å²) in [6.45, 7) is 1.94. The van der Waals surface area contributed by atoms with E-state index in [0.717, 1.165) is 16.5 Å². The van der Waals surface area contributed by atoms with Crippen LogP contribution >= 0.6 is 0 Å². The van der Waals surface area contributed by atoms with Crippen LogP contribution in [0.5, 0.6) is 0 Å². The van der Waals surface area contributed by atoms with Gasteiger partial charge in [-0.3, -0.25) is 4.79 Å². The Labute approximate surface area is 146 Å². The van der Waals surface area contributed by atoms with E-state index in [2.05, 4.69) is 0 Å². The van der Waals surface area contributed by atoms with Gasteiger partial charge in [-0.25, -0.2) is 12.8 Å². The molecule has 1 heterocycles. The Morgan fingerprint density at radius 1 is 1.20 bits per heavy atom. The van der Waals surface area contributed by atoms with E-state index in [1.54, 1.807) is 0 Å². The van der Waals surface area contributed by atoms with Gasteiger partial charge in [0, 0.05) is 11.1 Å². The van der Waals surface area contributed by atoms with Crippen LogP contribution in [-0.2, 0) is 21.1 Å². The maximum absolute atomic E-state index is 13.2. The normalized spacial score (nSPS) is 18.2. The van der Waals surface area contributed by atoms with Crippen molar-refractivity contribution in [1.82, 2.24) is 0 Å². The number of anilines is 1. The van der Waals surface area contributed by atoms with E-state index in [9.17, 15) is 17.6 Å². The first-order valence-electron chi connectivity index (χ1n) is 7.88. The third-order valence-corrected chi connectivity index (χ3v) is 5.43. The van der Waals surface area contributed by atoms with E-state index < -0.39 is 21.7 Å². The molecule has 1 unspecified atom stereocenters. The molecular weight excluding hydrogens is 341 g/mol. The van der Waals surface area contributed by atoms with Crippen molar-refractivity contribution in [3.8, 4) is 0 Å². The molecule has 2 aromatic rings. The molecule has 1 atom stereocenters. The summed E-state index contributed by atoms with van der Waals surface area (Å²) in [5, 5.41) is 1.13. The van der Waals surface area contributed by atoms with Crippen LogP contribution in [0.15, 0.2) is 60.0 Å². The SMILES string of the molecule is Cc1cccc(CC(=O)N(c2ccc(F)cc2)C2C=CS(=O)(=O)C2)c1. The molecule has 0 aromatic heterocycles. The molecule has 25 heavy (non-hydrogen) atoms. The lowest BCUT2D eigenvalue weighted by atomic mass is 10.1. The monoisotopic (exact) mass is 359 g/mol. The lowest BCUT2D eigenvalue weighted by Gasteiger charge is -2.28. The van der Waals surface area contributed by atoms with E-state index in [4.69, 9.17) is 0 Å². The van der Waals surface area contributed by atoms with Crippen LogP contribution in [0.3, 0.4) is 0 Å². The van der Waals surface area contributed by atoms with Crippen LogP contribution in [0, 0.1) is 12.7 Å². The molecule has 0 fully saturated rings. The highest BCUT2D eigenvalue weighted by atomic mass is 32.2. The maximum atomic E-state index is 13.2. The number of halogens is 1. The average molecular weight is 359 g/mol. The minimum atomic E-state index is -3.32. The lowest BCUT2D eigenvalue weighted by molar-refractivity contribution is -0.118. The summed E-state index contributed by atoms with van der Waals surface area (Å²) in [5.41, 5.74) is 2.37. The second-order valence-electron chi connectivity index (χ2n) is 6.13. The van der Waals surface area contributed by atoms with Gasteiger partial charge in [0.2, 0.25) is 5.91 Å². The molecule has 1 amide bonds. The fraction of sp³-hybridized carbons (Fsp3) is 0.211. The molecule has 0 radical (unpaired) electrons. The van der Waals surface area contributed by atoms with Crippen LogP contribution in [0.4, 0.5) is 10.1 Å². The van der Waals surface area contributed by atoms with Crippen molar-refractivity contribution in [3.05, 3.63) is 77.0 Å².